The Kier molecular flexibility index (Phi) is 4.79. The molecule has 1 N–H and O–H groups in total. The molecule has 0 aliphatic carbocycles. The molecule has 1 amide bonds. The van der Waals surface area contributed by atoms with Gasteiger partial charge in [0.05, 0.1) is 6.10 Å². The van der Waals surface area contributed by atoms with Gasteiger partial charge in [0.25, 0.3) is 0 Å². The van der Waals surface area contributed by atoms with Gasteiger partial charge in [-0.25, -0.2) is 0 Å². The molecule has 4 nitrogen and oxygen atoms in total. The van der Waals surface area contributed by atoms with Gasteiger partial charge in [0.2, 0.25) is 5.91 Å². The summed E-state index contributed by atoms with van der Waals surface area (Å²) in [7, 11) is 1.48. The van der Waals surface area contributed by atoms with Gasteiger partial charge in [-0.2, -0.15) is 0 Å². The van der Waals surface area contributed by atoms with Crippen LogP contribution >= 0.6 is 0 Å². The van der Waals surface area contributed by atoms with Crippen molar-refractivity contribution in [2.75, 3.05) is 19.0 Å². The lowest BCUT2D eigenvalue weighted by atomic mass is 10.3. The van der Waals surface area contributed by atoms with Crippen molar-refractivity contribution in [2.45, 2.75) is 20.0 Å². The largest absolute Gasteiger partial charge is 0.491 e. The minimum atomic E-state index is -0.177. The summed E-state index contributed by atoms with van der Waals surface area (Å²) in [6, 6.07) is 7.28. The van der Waals surface area contributed by atoms with E-state index in [1.165, 1.54) is 7.11 Å². The number of rotatable bonds is 5. The second-order valence-electron chi connectivity index (χ2n) is 3.68. The van der Waals surface area contributed by atoms with Gasteiger partial charge in [0, 0.05) is 18.9 Å². The van der Waals surface area contributed by atoms with Crippen LogP contribution in [0.1, 0.15) is 13.8 Å². The topological polar surface area (TPSA) is 47.6 Å². The molecular formula is C12H17NO3. The maximum Gasteiger partial charge on any atom is 0.250 e. The SMILES string of the molecule is COCC(=O)Nc1cccc(OC(C)C)c1. The Hall–Kier alpha value is -1.55. The average molecular weight is 223 g/mol. The number of methoxy groups -OCH3 is 1. The lowest BCUT2D eigenvalue weighted by Gasteiger charge is -2.11. The van der Waals surface area contributed by atoms with Crippen molar-refractivity contribution < 1.29 is 14.3 Å². The predicted molar refractivity (Wildman–Crippen MR) is 62.7 cm³/mol. The first-order valence-corrected chi connectivity index (χ1v) is 5.17. The predicted octanol–water partition coefficient (Wildman–Crippen LogP) is 2.06. The van der Waals surface area contributed by atoms with Crippen LogP contribution in [0.4, 0.5) is 5.69 Å². The standard InChI is InChI=1S/C12H17NO3/c1-9(2)16-11-6-4-5-10(7-11)13-12(14)8-15-3/h4-7,9H,8H2,1-3H3,(H,13,14). The van der Waals surface area contributed by atoms with Crippen molar-refractivity contribution in [2.24, 2.45) is 0 Å². The second-order valence-corrected chi connectivity index (χ2v) is 3.68. The number of carbonyl (C=O) groups is 1. The van der Waals surface area contributed by atoms with Crippen LogP contribution in [0.5, 0.6) is 5.75 Å². The quantitative estimate of drug-likeness (QED) is 0.831. The van der Waals surface area contributed by atoms with Crippen molar-refractivity contribution in [3.8, 4) is 5.75 Å². The Morgan fingerprint density at radius 2 is 2.19 bits per heavy atom. The molecule has 1 aromatic rings. The van der Waals surface area contributed by atoms with Crippen LogP contribution in [0, 0.1) is 0 Å². The van der Waals surface area contributed by atoms with Gasteiger partial charge in [-0.3, -0.25) is 4.79 Å². The molecule has 4 heteroatoms. The molecule has 0 aliphatic heterocycles. The van der Waals surface area contributed by atoms with Gasteiger partial charge < -0.3 is 14.8 Å². The number of hydrogen-bond acceptors (Lipinski definition) is 3. The summed E-state index contributed by atoms with van der Waals surface area (Å²) in [6.45, 7) is 3.96. The number of ether oxygens (including phenoxy) is 2. The third-order valence-corrected chi connectivity index (χ3v) is 1.77. The highest BCUT2D eigenvalue weighted by molar-refractivity contribution is 5.91. The molecule has 0 heterocycles. The zero-order valence-electron chi connectivity index (χ0n) is 9.82. The van der Waals surface area contributed by atoms with Gasteiger partial charge in [-0.1, -0.05) is 6.07 Å². The maximum atomic E-state index is 11.3. The first-order chi connectivity index (χ1) is 7.61. The van der Waals surface area contributed by atoms with Gasteiger partial charge in [-0.05, 0) is 26.0 Å². The number of carbonyl (C=O) groups excluding carboxylic acids is 1. The molecule has 0 unspecified atom stereocenters. The summed E-state index contributed by atoms with van der Waals surface area (Å²) in [4.78, 5) is 11.3. The molecule has 0 saturated heterocycles. The molecule has 88 valence electrons. The summed E-state index contributed by atoms with van der Waals surface area (Å²) >= 11 is 0. The third-order valence-electron chi connectivity index (χ3n) is 1.77. The first-order valence-electron chi connectivity index (χ1n) is 5.17. The van der Waals surface area contributed by atoms with E-state index < -0.39 is 0 Å². The van der Waals surface area contributed by atoms with Gasteiger partial charge in [0.15, 0.2) is 0 Å². The molecule has 0 fully saturated rings. The average Bonchev–Trinajstić information content (AvgIpc) is 2.17. The summed E-state index contributed by atoms with van der Waals surface area (Å²) in [5.41, 5.74) is 0.709. The van der Waals surface area contributed by atoms with E-state index in [1.807, 2.05) is 26.0 Å². The van der Waals surface area contributed by atoms with Crippen molar-refractivity contribution >= 4 is 11.6 Å². The summed E-state index contributed by atoms with van der Waals surface area (Å²) in [5, 5.41) is 2.71. The third kappa shape index (κ3) is 4.31. The molecule has 0 spiro atoms. The fourth-order valence-electron chi connectivity index (χ4n) is 1.25. The molecule has 0 bridgehead atoms. The van der Waals surface area contributed by atoms with Crippen LogP contribution in [0.25, 0.3) is 0 Å². The van der Waals surface area contributed by atoms with Crippen molar-refractivity contribution in [1.29, 1.82) is 0 Å². The molecule has 0 aromatic heterocycles. The van der Waals surface area contributed by atoms with E-state index in [0.29, 0.717) is 5.69 Å². The van der Waals surface area contributed by atoms with Crippen LogP contribution in [0.3, 0.4) is 0 Å². The van der Waals surface area contributed by atoms with Gasteiger partial charge in [0.1, 0.15) is 12.4 Å². The Labute approximate surface area is 95.6 Å². The Morgan fingerprint density at radius 1 is 1.44 bits per heavy atom. The van der Waals surface area contributed by atoms with E-state index in [1.54, 1.807) is 12.1 Å². The van der Waals surface area contributed by atoms with Crippen LogP contribution in [0.2, 0.25) is 0 Å². The monoisotopic (exact) mass is 223 g/mol. The number of nitrogens with one attached hydrogen (secondary N) is 1. The zero-order valence-corrected chi connectivity index (χ0v) is 9.82. The summed E-state index contributed by atoms with van der Waals surface area (Å²) < 4.78 is 10.2. The van der Waals surface area contributed by atoms with E-state index in [0.717, 1.165) is 5.75 Å². The van der Waals surface area contributed by atoms with Crippen LogP contribution in [-0.2, 0) is 9.53 Å². The summed E-state index contributed by atoms with van der Waals surface area (Å²) in [5.74, 6) is 0.564. The van der Waals surface area contributed by atoms with Crippen molar-refractivity contribution in [1.82, 2.24) is 0 Å². The highest BCUT2D eigenvalue weighted by Gasteiger charge is 2.03. The summed E-state index contributed by atoms with van der Waals surface area (Å²) in [6.07, 6.45) is 0.116. The number of amides is 1. The molecule has 1 rings (SSSR count). The second kappa shape index (κ2) is 6.12. The molecule has 0 atom stereocenters. The molecule has 0 saturated carbocycles. The number of benzene rings is 1. The highest BCUT2D eigenvalue weighted by atomic mass is 16.5. The first kappa shape index (κ1) is 12.5. The smallest absolute Gasteiger partial charge is 0.250 e. The van der Waals surface area contributed by atoms with Gasteiger partial charge >= 0.3 is 0 Å². The number of hydrogen-bond donors (Lipinski definition) is 1. The minimum Gasteiger partial charge on any atom is -0.491 e. The number of anilines is 1. The van der Waals surface area contributed by atoms with Crippen LogP contribution < -0.4 is 10.1 Å². The Balaban J connectivity index is 2.63. The lowest BCUT2D eigenvalue weighted by molar-refractivity contribution is -0.119. The fraction of sp³-hybridized carbons (Fsp3) is 0.417. The molecule has 0 aliphatic rings. The fourth-order valence-corrected chi connectivity index (χ4v) is 1.25. The Morgan fingerprint density at radius 3 is 2.81 bits per heavy atom. The molecule has 16 heavy (non-hydrogen) atoms. The zero-order chi connectivity index (χ0) is 12.0. The van der Waals surface area contributed by atoms with Gasteiger partial charge in [-0.15, -0.1) is 0 Å². The van der Waals surface area contributed by atoms with Crippen molar-refractivity contribution in [3.05, 3.63) is 24.3 Å². The minimum absolute atomic E-state index is 0.0509. The molecule has 1 aromatic carbocycles. The molecular weight excluding hydrogens is 206 g/mol. The molecule has 0 radical (unpaired) electrons. The van der Waals surface area contributed by atoms with E-state index >= 15 is 0 Å². The van der Waals surface area contributed by atoms with Crippen LogP contribution in [0.15, 0.2) is 24.3 Å². The lowest BCUT2D eigenvalue weighted by Crippen LogP contribution is -2.17. The van der Waals surface area contributed by atoms with Crippen molar-refractivity contribution in [3.63, 3.8) is 0 Å². The van der Waals surface area contributed by atoms with E-state index in [2.05, 4.69) is 5.32 Å². The highest BCUT2D eigenvalue weighted by Crippen LogP contribution is 2.18. The maximum absolute atomic E-state index is 11.3. The normalized spacial score (nSPS) is 10.2. The Bertz CT molecular complexity index is 350. The van der Waals surface area contributed by atoms with E-state index in [9.17, 15) is 4.79 Å². The van der Waals surface area contributed by atoms with E-state index in [4.69, 9.17) is 9.47 Å². The van der Waals surface area contributed by atoms with Crippen LogP contribution in [-0.4, -0.2) is 25.7 Å². The van der Waals surface area contributed by atoms with E-state index in [-0.39, 0.29) is 18.6 Å².